The number of aryl methyl sites for hydroxylation is 1. The Hall–Kier alpha value is -2.15. The summed E-state index contributed by atoms with van der Waals surface area (Å²) in [5.74, 6) is 2.01. The van der Waals surface area contributed by atoms with E-state index in [0.717, 1.165) is 37.9 Å². The molecule has 1 aliphatic heterocycles. The minimum absolute atomic E-state index is 0.0425. The van der Waals surface area contributed by atoms with Crippen molar-refractivity contribution in [2.24, 2.45) is 11.8 Å². The van der Waals surface area contributed by atoms with E-state index in [4.69, 9.17) is 0 Å². The van der Waals surface area contributed by atoms with E-state index in [1.54, 1.807) is 22.7 Å². The molecular weight excluding hydrogens is 330 g/mol. The molecule has 7 heteroatoms. The molecule has 7 nitrogen and oxygen atoms in total. The van der Waals surface area contributed by atoms with Gasteiger partial charge in [0.25, 0.3) is 5.56 Å². The molecule has 142 valence electrons. The molecule has 1 amide bonds. The maximum atomic E-state index is 12.4. The van der Waals surface area contributed by atoms with Gasteiger partial charge in [0.2, 0.25) is 5.91 Å². The quantitative estimate of drug-likeness (QED) is 0.789. The molecule has 0 unspecified atom stereocenters. The van der Waals surface area contributed by atoms with Gasteiger partial charge >= 0.3 is 0 Å². The van der Waals surface area contributed by atoms with Gasteiger partial charge in [0.05, 0.1) is 0 Å². The summed E-state index contributed by atoms with van der Waals surface area (Å²) in [4.78, 5) is 27.0. The number of piperidine rings is 1. The highest BCUT2D eigenvalue weighted by Gasteiger charge is 2.21. The number of aromatic nitrogens is 3. The Labute approximate surface area is 154 Å². The van der Waals surface area contributed by atoms with E-state index in [1.165, 1.54) is 11.1 Å². The summed E-state index contributed by atoms with van der Waals surface area (Å²) in [6.07, 6.45) is 4.02. The molecule has 2 aromatic heterocycles. The van der Waals surface area contributed by atoms with Crippen molar-refractivity contribution in [2.75, 3.05) is 26.2 Å². The summed E-state index contributed by atoms with van der Waals surface area (Å²) in [7, 11) is 0. The van der Waals surface area contributed by atoms with Crippen molar-refractivity contribution < 1.29 is 4.79 Å². The fraction of sp³-hybridized carbons (Fsp3) is 0.632. The topological polar surface area (TPSA) is 71.6 Å². The van der Waals surface area contributed by atoms with Gasteiger partial charge in [-0.25, -0.2) is 4.68 Å². The molecule has 0 radical (unpaired) electrons. The van der Waals surface area contributed by atoms with Gasteiger partial charge in [0.1, 0.15) is 17.9 Å². The Morgan fingerprint density at radius 1 is 1.31 bits per heavy atom. The lowest BCUT2D eigenvalue weighted by Gasteiger charge is -2.34. The first-order chi connectivity index (χ1) is 12.4. The molecule has 0 spiro atoms. The second-order valence-electron chi connectivity index (χ2n) is 7.68. The van der Waals surface area contributed by atoms with Crippen LogP contribution in [0.2, 0.25) is 0 Å². The highest BCUT2D eigenvalue weighted by molar-refractivity contribution is 5.75. The van der Waals surface area contributed by atoms with Crippen LogP contribution in [0.25, 0.3) is 5.52 Å². The van der Waals surface area contributed by atoms with Crippen molar-refractivity contribution >= 4 is 11.4 Å². The van der Waals surface area contributed by atoms with Crippen molar-refractivity contribution in [3.05, 3.63) is 34.5 Å². The first-order valence-electron chi connectivity index (χ1n) is 9.48. The zero-order chi connectivity index (χ0) is 18.7. The van der Waals surface area contributed by atoms with Crippen LogP contribution in [0.3, 0.4) is 0 Å². The number of carbonyl (C=O) groups is 1. The first-order valence-corrected chi connectivity index (χ1v) is 9.48. The van der Waals surface area contributed by atoms with Gasteiger partial charge in [-0.15, -0.1) is 0 Å². The zero-order valence-electron chi connectivity index (χ0n) is 15.9. The number of fused-ring (bicyclic) bond motifs is 1. The van der Waals surface area contributed by atoms with Crippen LogP contribution in [0, 0.1) is 18.8 Å². The number of nitrogens with zero attached hydrogens (tertiary/aromatic N) is 4. The van der Waals surface area contributed by atoms with Crippen LogP contribution in [0.4, 0.5) is 0 Å². The summed E-state index contributed by atoms with van der Waals surface area (Å²) >= 11 is 0. The third-order valence-electron chi connectivity index (χ3n) is 5.03. The van der Waals surface area contributed by atoms with Crippen molar-refractivity contribution in [1.29, 1.82) is 0 Å². The highest BCUT2D eigenvalue weighted by Crippen LogP contribution is 2.20. The maximum Gasteiger partial charge on any atom is 0.291 e. The number of rotatable bonds is 6. The Morgan fingerprint density at radius 2 is 2.04 bits per heavy atom. The van der Waals surface area contributed by atoms with Crippen LogP contribution in [0.5, 0.6) is 0 Å². The fourth-order valence-corrected chi connectivity index (χ4v) is 4.04. The Balaban J connectivity index is 1.47. The van der Waals surface area contributed by atoms with E-state index in [9.17, 15) is 9.59 Å². The number of hydrogen-bond donors (Lipinski definition) is 1. The standard InChI is InChI=1S/C19H29N5O2/c1-14-10-15(2)12-22(11-14)8-5-7-20-18(25)13-24-19(26)17-6-4-9-23(17)16(3)21-24/h4,6,9,14-15H,5,7-8,10-13H2,1-3H3,(H,20,25)/t14-,15-/m1/s1. The van der Waals surface area contributed by atoms with Crippen LogP contribution < -0.4 is 10.9 Å². The van der Waals surface area contributed by atoms with Gasteiger partial charge < -0.3 is 10.2 Å². The lowest BCUT2D eigenvalue weighted by Crippen LogP contribution is -2.40. The molecule has 1 aliphatic rings. The molecule has 2 aromatic rings. The minimum Gasteiger partial charge on any atom is -0.354 e. The molecule has 26 heavy (non-hydrogen) atoms. The molecule has 2 atom stereocenters. The van der Waals surface area contributed by atoms with Crippen LogP contribution >= 0.6 is 0 Å². The normalized spacial score (nSPS) is 21.2. The van der Waals surface area contributed by atoms with E-state index in [2.05, 4.69) is 29.2 Å². The minimum atomic E-state index is -0.243. The molecule has 3 rings (SSSR count). The van der Waals surface area contributed by atoms with Gasteiger partial charge in [0, 0.05) is 25.8 Å². The Morgan fingerprint density at radius 3 is 2.77 bits per heavy atom. The van der Waals surface area contributed by atoms with E-state index in [1.807, 2.05) is 6.92 Å². The third-order valence-corrected chi connectivity index (χ3v) is 5.03. The van der Waals surface area contributed by atoms with E-state index >= 15 is 0 Å². The van der Waals surface area contributed by atoms with Crippen molar-refractivity contribution in [3.8, 4) is 0 Å². The largest absolute Gasteiger partial charge is 0.354 e. The molecule has 0 aromatic carbocycles. The Bertz CT molecular complexity index is 815. The predicted octanol–water partition coefficient (Wildman–Crippen LogP) is 1.29. The number of carbonyl (C=O) groups excluding carboxylic acids is 1. The van der Waals surface area contributed by atoms with E-state index < -0.39 is 0 Å². The van der Waals surface area contributed by atoms with Crippen LogP contribution in [-0.2, 0) is 11.3 Å². The summed E-state index contributed by atoms with van der Waals surface area (Å²) in [5.41, 5.74) is 0.297. The van der Waals surface area contributed by atoms with Crippen LogP contribution in [0.1, 0.15) is 32.5 Å². The number of amides is 1. The second kappa shape index (κ2) is 8.03. The molecule has 0 saturated carbocycles. The van der Waals surface area contributed by atoms with Crippen LogP contribution in [0.15, 0.2) is 23.1 Å². The van der Waals surface area contributed by atoms with Crippen LogP contribution in [-0.4, -0.2) is 51.2 Å². The monoisotopic (exact) mass is 359 g/mol. The number of nitrogens with one attached hydrogen (secondary N) is 1. The summed E-state index contributed by atoms with van der Waals surface area (Å²) in [5, 5.41) is 7.14. The average Bonchev–Trinajstić information content (AvgIpc) is 3.06. The van der Waals surface area contributed by atoms with Crippen molar-refractivity contribution in [2.45, 2.75) is 40.2 Å². The Kier molecular flexibility index (Phi) is 5.76. The van der Waals surface area contributed by atoms with Gasteiger partial charge in [-0.1, -0.05) is 13.8 Å². The summed E-state index contributed by atoms with van der Waals surface area (Å²) in [6.45, 7) is 10.3. The van der Waals surface area contributed by atoms with E-state index in [-0.39, 0.29) is 18.0 Å². The van der Waals surface area contributed by atoms with Crippen molar-refractivity contribution in [1.82, 2.24) is 24.4 Å². The average molecular weight is 359 g/mol. The molecular formula is C19H29N5O2. The second-order valence-corrected chi connectivity index (χ2v) is 7.68. The molecule has 1 saturated heterocycles. The zero-order valence-corrected chi connectivity index (χ0v) is 15.9. The third kappa shape index (κ3) is 4.33. The number of likely N-dealkylation sites (tertiary alicyclic amines) is 1. The fourth-order valence-electron chi connectivity index (χ4n) is 4.04. The number of hydrogen-bond acceptors (Lipinski definition) is 4. The summed E-state index contributed by atoms with van der Waals surface area (Å²) < 4.78 is 2.98. The molecule has 0 aliphatic carbocycles. The highest BCUT2D eigenvalue weighted by atomic mass is 16.2. The van der Waals surface area contributed by atoms with E-state index in [0.29, 0.717) is 17.9 Å². The van der Waals surface area contributed by atoms with Crippen molar-refractivity contribution in [3.63, 3.8) is 0 Å². The smallest absolute Gasteiger partial charge is 0.291 e. The maximum absolute atomic E-state index is 12.4. The molecule has 3 heterocycles. The lowest BCUT2D eigenvalue weighted by atomic mass is 9.92. The SMILES string of the molecule is Cc1nn(CC(=O)NCCCN2C[C@H](C)C[C@@H](C)C2)c(=O)c2cccn12. The predicted molar refractivity (Wildman–Crippen MR) is 101 cm³/mol. The lowest BCUT2D eigenvalue weighted by molar-refractivity contribution is -0.121. The molecule has 1 N–H and O–H groups in total. The molecule has 0 bridgehead atoms. The van der Waals surface area contributed by atoms with Gasteiger partial charge in [-0.2, -0.15) is 5.10 Å². The summed E-state index contributed by atoms with van der Waals surface area (Å²) in [6, 6.07) is 3.55. The first kappa shape index (κ1) is 18.6. The molecule has 1 fully saturated rings. The van der Waals surface area contributed by atoms with Gasteiger partial charge in [-0.3, -0.25) is 14.0 Å². The van der Waals surface area contributed by atoms with Gasteiger partial charge in [0.15, 0.2) is 0 Å². The van der Waals surface area contributed by atoms with Gasteiger partial charge in [-0.05, 0) is 50.3 Å².